The van der Waals surface area contributed by atoms with E-state index in [1.54, 1.807) is 44.2 Å². The molecule has 2 aromatic carbocycles. The summed E-state index contributed by atoms with van der Waals surface area (Å²) in [4.78, 5) is 26.6. The molecule has 138 valence electrons. The van der Waals surface area contributed by atoms with Crippen molar-refractivity contribution in [2.45, 2.75) is 25.9 Å². The fraction of sp³-hybridized carbons (Fsp3) is 0.300. The van der Waals surface area contributed by atoms with Crippen molar-refractivity contribution in [3.8, 4) is 5.75 Å². The molecule has 2 amide bonds. The monoisotopic (exact) mass is 374 g/mol. The molecular weight excluding hydrogens is 352 g/mol. The van der Waals surface area contributed by atoms with E-state index in [0.717, 1.165) is 16.9 Å². The zero-order valence-corrected chi connectivity index (χ0v) is 15.9. The summed E-state index contributed by atoms with van der Waals surface area (Å²) in [5.41, 5.74) is 1.73. The molecule has 0 bridgehead atoms. The molecule has 6 heteroatoms. The number of carbonyl (C=O) groups is 2. The Balaban J connectivity index is 2.21. The Morgan fingerprint density at radius 3 is 2.42 bits per heavy atom. The normalized spacial score (nSPS) is 11.5. The van der Waals surface area contributed by atoms with E-state index < -0.39 is 6.04 Å². The van der Waals surface area contributed by atoms with Crippen molar-refractivity contribution in [3.63, 3.8) is 0 Å². The highest BCUT2D eigenvalue weighted by molar-refractivity contribution is 6.30. The van der Waals surface area contributed by atoms with E-state index in [0.29, 0.717) is 11.6 Å². The lowest BCUT2D eigenvalue weighted by atomic mass is 10.1. The van der Waals surface area contributed by atoms with Crippen LogP contribution in [0.2, 0.25) is 5.02 Å². The second-order valence-corrected chi connectivity index (χ2v) is 6.40. The summed E-state index contributed by atoms with van der Waals surface area (Å²) >= 11 is 6.00. The van der Waals surface area contributed by atoms with E-state index in [4.69, 9.17) is 16.3 Å². The lowest BCUT2D eigenvalue weighted by molar-refractivity contribution is -0.139. The summed E-state index contributed by atoms with van der Waals surface area (Å²) in [7, 11) is 3.16. The minimum Gasteiger partial charge on any atom is -0.497 e. The predicted molar refractivity (Wildman–Crippen MR) is 102 cm³/mol. The van der Waals surface area contributed by atoms with Gasteiger partial charge in [-0.05, 0) is 42.3 Å². The number of hydrogen-bond donors (Lipinski definition) is 1. The lowest BCUT2D eigenvalue weighted by Gasteiger charge is -2.28. The third-order valence-electron chi connectivity index (χ3n) is 4.17. The summed E-state index contributed by atoms with van der Waals surface area (Å²) in [6.07, 6.45) is 0.179. The van der Waals surface area contributed by atoms with Crippen LogP contribution in [0.1, 0.15) is 18.1 Å². The van der Waals surface area contributed by atoms with E-state index >= 15 is 0 Å². The van der Waals surface area contributed by atoms with Gasteiger partial charge in [0.1, 0.15) is 11.8 Å². The number of carbonyl (C=O) groups excluding carboxylic acids is 2. The fourth-order valence-corrected chi connectivity index (χ4v) is 2.86. The van der Waals surface area contributed by atoms with Gasteiger partial charge in [-0.15, -0.1) is 0 Å². The summed E-state index contributed by atoms with van der Waals surface area (Å²) in [6.45, 7) is 2.05. The first-order valence-corrected chi connectivity index (χ1v) is 8.71. The molecule has 2 aromatic rings. The zero-order chi connectivity index (χ0) is 19.1. The first-order chi connectivity index (χ1) is 12.4. The van der Waals surface area contributed by atoms with Crippen LogP contribution in [0.15, 0.2) is 48.5 Å². The van der Waals surface area contributed by atoms with Crippen LogP contribution in [-0.4, -0.2) is 36.9 Å². The largest absolute Gasteiger partial charge is 0.497 e. The van der Waals surface area contributed by atoms with Crippen molar-refractivity contribution < 1.29 is 14.3 Å². The Bertz CT molecular complexity index is 762. The predicted octanol–water partition coefficient (Wildman–Crippen LogP) is 3.05. The average molecular weight is 375 g/mol. The maximum Gasteiger partial charge on any atom is 0.242 e. The topological polar surface area (TPSA) is 58.6 Å². The van der Waals surface area contributed by atoms with E-state index in [1.807, 2.05) is 30.3 Å². The minimum absolute atomic E-state index is 0.140. The van der Waals surface area contributed by atoms with Gasteiger partial charge >= 0.3 is 0 Å². The van der Waals surface area contributed by atoms with Gasteiger partial charge in [0.2, 0.25) is 11.8 Å². The van der Waals surface area contributed by atoms with Crippen LogP contribution in [0, 0.1) is 0 Å². The molecule has 0 aliphatic rings. The number of likely N-dealkylation sites (N-methyl/N-ethyl adjacent to an activating group) is 1. The van der Waals surface area contributed by atoms with Gasteiger partial charge in [0.25, 0.3) is 0 Å². The van der Waals surface area contributed by atoms with Gasteiger partial charge < -0.3 is 15.0 Å². The van der Waals surface area contributed by atoms with Crippen LogP contribution >= 0.6 is 11.6 Å². The van der Waals surface area contributed by atoms with Crippen LogP contribution in [0.5, 0.6) is 5.75 Å². The number of nitrogens with zero attached hydrogens (tertiary/aromatic N) is 1. The molecule has 1 N–H and O–H groups in total. The molecule has 0 saturated carbocycles. The molecule has 0 heterocycles. The summed E-state index contributed by atoms with van der Waals surface area (Å²) < 4.78 is 5.16. The highest BCUT2D eigenvalue weighted by atomic mass is 35.5. The van der Waals surface area contributed by atoms with Crippen LogP contribution in [0.3, 0.4) is 0 Å². The maximum absolute atomic E-state index is 12.9. The first kappa shape index (κ1) is 19.8. The van der Waals surface area contributed by atoms with Gasteiger partial charge in [0, 0.05) is 18.6 Å². The van der Waals surface area contributed by atoms with Gasteiger partial charge in [-0.25, -0.2) is 0 Å². The van der Waals surface area contributed by atoms with Crippen LogP contribution in [-0.2, 0) is 22.6 Å². The van der Waals surface area contributed by atoms with Crippen molar-refractivity contribution in [1.29, 1.82) is 0 Å². The third-order valence-corrected chi connectivity index (χ3v) is 4.41. The molecule has 0 saturated heterocycles. The number of rotatable bonds is 7. The molecular formula is C20H23ClN2O3. The number of benzene rings is 2. The van der Waals surface area contributed by atoms with Crippen molar-refractivity contribution in [1.82, 2.24) is 10.2 Å². The Hall–Kier alpha value is -2.53. The molecule has 26 heavy (non-hydrogen) atoms. The van der Waals surface area contributed by atoms with Crippen molar-refractivity contribution >= 4 is 23.4 Å². The molecule has 0 aliphatic heterocycles. The number of hydrogen-bond acceptors (Lipinski definition) is 3. The van der Waals surface area contributed by atoms with Crippen LogP contribution in [0.25, 0.3) is 0 Å². The first-order valence-electron chi connectivity index (χ1n) is 8.33. The SMILES string of the molecule is CNC(=O)[C@@H](C)N(Cc1ccc(OC)cc1)C(=O)Cc1cccc(Cl)c1. The minimum atomic E-state index is -0.589. The molecule has 0 radical (unpaired) electrons. The third kappa shape index (κ3) is 5.23. The van der Waals surface area contributed by atoms with E-state index in [1.165, 1.54) is 0 Å². The van der Waals surface area contributed by atoms with Crippen molar-refractivity contribution in [3.05, 3.63) is 64.7 Å². The molecule has 0 aliphatic carbocycles. The second-order valence-electron chi connectivity index (χ2n) is 5.97. The van der Waals surface area contributed by atoms with Gasteiger partial charge in [0.15, 0.2) is 0 Å². The molecule has 0 unspecified atom stereocenters. The average Bonchev–Trinajstić information content (AvgIpc) is 2.65. The lowest BCUT2D eigenvalue weighted by Crippen LogP contribution is -2.47. The van der Waals surface area contributed by atoms with E-state index in [-0.39, 0.29) is 18.2 Å². The number of nitrogens with one attached hydrogen (secondary N) is 1. The van der Waals surface area contributed by atoms with Crippen LogP contribution < -0.4 is 10.1 Å². The number of methoxy groups -OCH3 is 1. The van der Waals surface area contributed by atoms with E-state index in [2.05, 4.69) is 5.32 Å². The van der Waals surface area contributed by atoms with Crippen LogP contribution in [0.4, 0.5) is 0 Å². The summed E-state index contributed by atoms with van der Waals surface area (Å²) in [5, 5.41) is 3.18. The highest BCUT2D eigenvalue weighted by Crippen LogP contribution is 2.17. The Morgan fingerprint density at radius 2 is 1.85 bits per heavy atom. The summed E-state index contributed by atoms with van der Waals surface area (Å²) in [5.74, 6) is 0.391. The molecule has 5 nitrogen and oxygen atoms in total. The quantitative estimate of drug-likeness (QED) is 0.810. The number of ether oxygens (including phenoxy) is 1. The zero-order valence-electron chi connectivity index (χ0n) is 15.2. The smallest absolute Gasteiger partial charge is 0.242 e. The van der Waals surface area contributed by atoms with E-state index in [9.17, 15) is 9.59 Å². The fourth-order valence-electron chi connectivity index (χ4n) is 2.64. The molecule has 1 atom stereocenters. The molecule has 0 spiro atoms. The van der Waals surface area contributed by atoms with Crippen molar-refractivity contribution in [2.24, 2.45) is 0 Å². The van der Waals surface area contributed by atoms with Gasteiger partial charge in [-0.2, -0.15) is 0 Å². The molecule has 0 fully saturated rings. The Kier molecular flexibility index (Phi) is 7.04. The highest BCUT2D eigenvalue weighted by Gasteiger charge is 2.25. The van der Waals surface area contributed by atoms with Gasteiger partial charge in [0.05, 0.1) is 13.5 Å². The van der Waals surface area contributed by atoms with Crippen molar-refractivity contribution in [2.75, 3.05) is 14.2 Å². The Morgan fingerprint density at radius 1 is 1.15 bits per heavy atom. The van der Waals surface area contributed by atoms with Gasteiger partial charge in [-0.1, -0.05) is 35.9 Å². The second kappa shape index (κ2) is 9.25. The number of amides is 2. The molecule has 0 aromatic heterocycles. The standard InChI is InChI=1S/C20H23ClN2O3/c1-14(20(25)22-2)23(13-15-7-9-18(26-3)10-8-15)19(24)12-16-5-4-6-17(21)11-16/h4-11,14H,12-13H2,1-3H3,(H,22,25)/t14-/m1/s1. The number of halogens is 1. The van der Waals surface area contributed by atoms with Gasteiger partial charge in [-0.3, -0.25) is 9.59 Å². The summed E-state index contributed by atoms with van der Waals surface area (Å²) in [6, 6.07) is 14.0. The Labute approximate surface area is 158 Å². The molecule has 2 rings (SSSR count). The maximum atomic E-state index is 12.9.